The highest BCUT2D eigenvalue weighted by Crippen LogP contribution is 2.25. The van der Waals surface area contributed by atoms with Crippen molar-refractivity contribution in [3.8, 4) is 0 Å². The summed E-state index contributed by atoms with van der Waals surface area (Å²) in [5.41, 5.74) is 8.23. The lowest BCUT2D eigenvalue weighted by molar-refractivity contribution is 0.727. The van der Waals surface area contributed by atoms with Gasteiger partial charge < -0.3 is 10.3 Å². The molecule has 0 unspecified atom stereocenters. The molecule has 32 heavy (non-hydrogen) atoms. The van der Waals surface area contributed by atoms with E-state index < -0.39 is 11.2 Å². The van der Waals surface area contributed by atoms with Crippen molar-refractivity contribution in [1.82, 2.24) is 19.1 Å². The second-order valence-electron chi connectivity index (χ2n) is 7.44. The number of nitrogen functional groups attached to an aromatic ring is 1. The molecule has 166 valence electrons. The Morgan fingerprint density at radius 2 is 1.81 bits per heavy atom. The SMILES string of the molecule is Cn1c(=O)[nH]c(=O)c2c1nc(SCCCc1ccc(Cl)cc1)n2Cc1cc(N)cc(Cl)c1. The molecule has 2 aromatic carbocycles. The summed E-state index contributed by atoms with van der Waals surface area (Å²) in [4.78, 5) is 31.7. The van der Waals surface area contributed by atoms with Gasteiger partial charge in [0.25, 0.3) is 5.56 Å². The van der Waals surface area contributed by atoms with E-state index in [4.69, 9.17) is 28.9 Å². The molecule has 0 aliphatic rings. The standard InChI is InChI=1S/C22H21Cl2N5O2S/c1-28-19-18(20(30)27-21(28)31)29(12-14-9-16(24)11-17(25)10-14)22(26-19)32-8-2-3-13-4-6-15(23)7-5-13/h4-7,9-11H,2-3,8,12,25H2,1H3,(H,27,30,31). The van der Waals surface area contributed by atoms with E-state index >= 15 is 0 Å². The number of halogens is 2. The molecule has 0 radical (unpaired) electrons. The molecule has 0 saturated carbocycles. The molecule has 0 atom stereocenters. The van der Waals surface area contributed by atoms with Crippen LogP contribution < -0.4 is 17.0 Å². The first-order chi connectivity index (χ1) is 15.3. The average Bonchev–Trinajstić information content (AvgIpc) is 3.09. The number of fused-ring (bicyclic) bond motifs is 1. The number of anilines is 1. The van der Waals surface area contributed by atoms with Crippen LogP contribution in [0.2, 0.25) is 10.0 Å². The van der Waals surface area contributed by atoms with Crippen molar-refractivity contribution in [3.63, 3.8) is 0 Å². The number of H-pyrrole nitrogens is 1. The van der Waals surface area contributed by atoms with E-state index in [0.29, 0.717) is 38.6 Å². The molecule has 0 bridgehead atoms. The summed E-state index contributed by atoms with van der Waals surface area (Å²) in [5.74, 6) is 0.787. The molecule has 10 heteroatoms. The van der Waals surface area contributed by atoms with Gasteiger partial charge in [-0.2, -0.15) is 0 Å². The smallest absolute Gasteiger partial charge is 0.329 e. The Morgan fingerprint density at radius 3 is 2.53 bits per heavy atom. The summed E-state index contributed by atoms with van der Waals surface area (Å²) < 4.78 is 3.16. The van der Waals surface area contributed by atoms with E-state index in [9.17, 15) is 9.59 Å². The van der Waals surface area contributed by atoms with Crippen molar-refractivity contribution >= 4 is 51.8 Å². The number of nitrogens with one attached hydrogen (secondary N) is 1. The first kappa shape index (κ1) is 22.5. The minimum Gasteiger partial charge on any atom is -0.399 e. The molecule has 2 heterocycles. The zero-order chi connectivity index (χ0) is 22.8. The zero-order valence-corrected chi connectivity index (χ0v) is 19.6. The zero-order valence-electron chi connectivity index (χ0n) is 17.3. The third kappa shape index (κ3) is 4.87. The molecule has 0 saturated heterocycles. The molecular formula is C22H21Cl2N5O2S. The lowest BCUT2D eigenvalue weighted by Gasteiger charge is -2.10. The minimum atomic E-state index is -0.501. The largest absolute Gasteiger partial charge is 0.399 e. The van der Waals surface area contributed by atoms with Crippen molar-refractivity contribution in [2.75, 3.05) is 11.5 Å². The fourth-order valence-corrected chi connectivity index (χ4v) is 4.84. The summed E-state index contributed by atoms with van der Waals surface area (Å²) in [7, 11) is 1.59. The molecule has 4 aromatic rings. The van der Waals surface area contributed by atoms with E-state index in [0.717, 1.165) is 24.2 Å². The second-order valence-corrected chi connectivity index (χ2v) is 9.38. The van der Waals surface area contributed by atoms with Gasteiger partial charge in [0.1, 0.15) is 0 Å². The van der Waals surface area contributed by atoms with Gasteiger partial charge in [0.05, 0.1) is 6.54 Å². The Balaban J connectivity index is 1.64. The Kier molecular flexibility index (Phi) is 6.64. The number of imidazole rings is 1. The molecule has 2 aromatic heterocycles. The molecule has 0 spiro atoms. The maximum Gasteiger partial charge on any atom is 0.329 e. The normalized spacial score (nSPS) is 11.3. The Hall–Kier alpha value is -2.68. The monoisotopic (exact) mass is 489 g/mol. The maximum atomic E-state index is 12.7. The lowest BCUT2D eigenvalue weighted by Crippen LogP contribution is -2.29. The Labute approximate surface area is 198 Å². The summed E-state index contributed by atoms with van der Waals surface area (Å²) >= 11 is 13.7. The van der Waals surface area contributed by atoms with Gasteiger partial charge in [0.15, 0.2) is 16.3 Å². The van der Waals surface area contributed by atoms with E-state index in [-0.39, 0.29) is 0 Å². The molecule has 0 fully saturated rings. The summed E-state index contributed by atoms with van der Waals surface area (Å²) in [6.45, 7) is 0.349. The molecule has 3 N–H and O–H groups in total. The molecular weight excluding hydrogens is 469 g/mol. The molecule has 4 rings (SSSR count). The highest BCUT2D eigenvalue weighted by Gasteiger charge is 2.18. The number of nitrogens with zero attached hydrogens (tertiary/aromatic N) is 3. The number of thioether (sulfide) groups is 1. The molecule has 0 aliphatic carbocycles. The Morgan fingerprint density at radius 1 is 1.06 bits per heavy atom. The quantitative estimate of drug-likeness (QED) is 0.231. The number of hydrogen-bond acceptors (Lipinski definition) is 5. The van der Waals surface area contributed by atoms with E-state index in [1.807, 2.05) is 34.9 Å². The second kappa shape index (κ2) is 9.44. The number of rotatable bonds is 7. The lowest BCUT2D eigenvalue weighted by atomic mass is 10.1. The summed E-state index contributed by atoms with van der Waals surface area (Å²) in [5, 5.41) is 1.89. The van der Waals surface area contributed by atoms with Crippen molar-refractivity contribution in [3.05, 3.63) is 84.5 Å². The van der Waals surface area contributed by atoms with Gasteiger partial charge in [0, 0.05) is 28.5 Å². The van der Waals surface area contributed by atoms with Crippen LogP contribution in [0.5, 0.6) is 0 Å². The van der Waals surface area contributed by atoms with Crippen LogP contribution in [-0.2, 0) is 20.0 Å². The van der Waals surface area contributed by atoms with Crippen molar-refractivity contribution in [2.45, 2.75) is 24.5 Å². The Bertz CT molecular complexity index is 1370. The van der Waals surface area contributed by atoms with Gasteiger partial charge in [-0.05, 0) is 54.3 Å². The van der Waals surface area contributed by atoms with Crippen LogP contribution in [0.4, 0.5) is 5.69 Å². The fraction of sp³-hybridized carbons (Fsp3) is 0.227. The number of benzene rings is 2. The van der Waals surface area contributed by atoms with Gasteiger partial charge in [-0.1, -0.05) is 47.1 Å². The fourth-order valence-electron chi connectivity index (χ4n) is 3.51. The van der Waals surface area contributed by atoms with Gasteiger partial charge in [-0.3, -0.25) is 14.3 Å². The topological polar surface area (TPSA) is 98.7 Å². The predicted molar refractivity (Wildman–Crippen MR) is 131 cm³/mol. The van der Waals surface area contributed by atoms with Gasteiger partial charge in [0.2, 0.25) is 0 Å². The number of aryl methyl sites for hydroxylation is 2. The van der Waals surface area contributed by atoms with Crippen LogP contribution in [0.25, 0.3) is 11.2 Å². The van der Waals surface area contributed by atoms with E-state index in [1.165, 1.54) is 21.9 Å². The third-order valence-corrected chi connectivity index (χ3v) is 6.58. The van der Waals surface area contributed by atoms with Crippen LogP contribution >= 0.6 is 35.0 Å². The van der Waals surface area contributed by atoms with Crippen molar-refractivity contribution in [1.29, 1.82) is 0 Å². The van der Waals surface area contributed by atoms with Crippen molar-refractivity contribution < 1.29 is 0 Å². The first-order valence-corrected chi connectivity index (χ1v) is 11.7. The highest BCUT2D eigenvalue weighted by atomic mass is 35.5. The summed E-state index contributed by atoms with van der Waals surface area (Å²) in [6, 6.07) is 13.1. The highest BCUT2D eigenvalue weighted by molar-refractivity contribution is 7.99. The number of nitrogens with two attached hydrogens (primary N) is 1. The number of aromatic nitrogens is 4. The van der Waals surface area contributed by atoms with Crippen LogP contribution in [0, 0.1) is 0 Å². The first-order valence-electron chi connectivity index (χ1n) is 9.93. The average molecular weight is 490 g/mol. The van der Waals surface area contributed by atoms with E-state index in [2.05, 4.69) is 9.97 Å². The van der Waals surface area contributed by atoms with Crippen molar-refractivity contribution in [2.24, 2.45) is 7.05 Å². The minimum absolute atomic E-state index is 0.339. The molecule has 0 amide bonds. The van der Waals surface area contributed by atoms with Crippen LogP contribution in [0.3, 0.4) is 0 Å². The maximum absolute atomic E-state index is 12.7. The van der Waals surface area contributed by atoms with E-state index in [1.54, 1.807) is 19.2 Å². The third-order valence-electron chi connectivity index (χ3n) is 5.05. The molecule has 7 nitrogen and oxygen atoms in total. The predicted octanol–water partition coefficient (Wildman–Crippen LogP) is 4.09. The van der Waals surface area contributed by atoms with Crippen LogP contribution in [-0.4, -0.2) is 24.9 Å². The summed E-state index contributed by atoms with van der Waals surface area (Å²) in [6.07, 6.45) is 1.81. The van der Waals surface area contributed by atoms with Crippen LogP contribution in [0.1, 0.15) is 17.5 Å². The molecule has 0 aliphatic heterocycles. The van der Waals surface area contributed by atoms with Gasteiger partial charge >= 0.3 is 5.69 Å². The number of aromatic amines is 1. The van der Waals surface area contributed by atoms with Gasteiger partial charge in [-0.25, -0.2) is 9.78 Å². The number of hydrogen-bond donors (Lipinski definition) is 2. The van der Waals surface area contributed by atoms with Crippen LogP contribution in [0.15, 0.2) is 57.2 Å². The van der Waals surface area contributed by atoms with Gasteiger partial charge in [-0.15, -0.1) is 0 Å².